The van der Waals surface area contributed by atoms with Crippen molar-refractivity contribution < 1.29 is 14.6 Å². The summed E-state index contributed by atoms with van der Waals surface area (Å²) in [6, 6.07) is 9.36. The molecule has 1 unspecified atom stereocenters. The van der Waals surface area contributed by atoms with Crippen LogP contribution in [0.5, 0.6) is 0 Å². The first-order valence-electron chi connectivity index (χ1n) is 7.60. The second kappa shape index (κ2) is 7.00. The molecule has 1 aromatic carbocycles. The lowest BCUT2D eigenvalue weighted by Crippen LogP contribution is -2.45. The molecule has 1 atom stereocenters. The summed E-state index contributed by atoms with van der Waals surface area (Å²) < 4.78 is 5.94. The summed E-state index contributed by atoms with van der Waals surface area (Å²) >= 11 is 0. The molecular weight excluding hydrogens is 252 g/mol. The molecular formula is C17H24O3. The minimum absolute atomic E-state index is 0.0705. The molecule has 3 heteroatoms. The van der Waals surface area contributed by atoms with Crippen molar-refractivity contribution in [2.45, 2.75) is 57.2 Å². The number of Topliss-reactive ketones (excluding diaryl/α,β-unsaturated/α-hetero) is 1. The maximum atomic E-state index is 12.8. The van der Waals surface area contributed by atoms with Crippen molar-refractivity contribution in [1.82, 2.24) is 0 Å². The number of rotatable bonds is 6. The van der Waals surface area contributed by atoms with Crippen LogP contribution in [0.2, 0.25) is 0 Å². The molecule has 1 aliphatic rings. The van der Waals surface area contributed by atoms with Crippen molar-refractivity contribution in [2.75, 3.05) is 6.61 Å². The zero-order valence-electron chi connectivity index (χ0n) is 12.2. The molecule has 0 amide bonds. The van der Waals surface area contributed by atoms with Crippen molar-refractivity contribution in [2.24, 2.45) is 0 Å². The Balaban J connectivity index is 2.16. The first-order chi connectivity index (χ1) is 9.68. The van der Waals surface area contributed by atoms with E-state index in [-0.39, 0.29) is 12.4 Å². The minimum Gasteiger partial charge on any atom is -0.391 e. The van der Waals surface area contributed by atoms with E-state index in [0.29, 0.717) is 12.0 Å². The van der Waals surface area contributed by atoms with Gasteiger partial charge in [0.2, 0.25) is 0 Å². The van der Waals surface area contributed by atoms with Crippen LogP contribution in [0.1, 0.15) is 55.8 Å². The van der Waals surface area contributed by atoms with E-state index in [1.807, 2.05) is 37.3 Å². The molecule has 1 aromatic rings. The smallest absolute Gasteiger partial charge is 0.194 e. The Morgan fingerprint density at radius 3 is 2.50 bits per heavy atom. The van der Waals surface area contributed by atoms with Gasteiger partial charge >= 0.3 is 0 Å². The Morgan fingerprint density at radius 2 is 1.90 bits per heavy atom. The molecule has 1 aliphatic carbocycles. The van der Waals surface area contributed by atoms with Crippen LogP contribution >= 0.6 is 0 Å². The molecule has 2 rings (SSSR count). The van der Waals surface area contributed by atoms with Crippen LogP contribution in [0.3, 0.4) is 0 Å². The predicted octanol–water partition coefficient (Wildman–Crippen LogP) is 3.36. The highest BCUT2D eigenvalue weighted by molar-refractivity contribution is 6.02. The van der Waals surface area contributed by atoms with Gasteiger partial charge in [-0.15, -0.1) is 0 Å². The van der Waals surface area contributed by atoms with E-state index in [9.17, 15) is 9.90 Å². The topological polar surface area (TPSA) is 46.5 Å². The molecule has 1 saturated carbocycles. The molecule has 0 aromatic heterocycles. The second-order valence-electron chi connectivity index (χ2n) is 5.62. The Morgan fingerprint density at radius 1 is 1.25 bits per heavy atom. The van der Waals surface area contributed by atoms with Gasteiger partial charge in [0.1, 0.15) is 5.60 Å². The summed E-state index contributed by atoms with van der Waals surface area (Å²) in [5.41, 5.74) is -0.0177. The quantitative estimate of drug-likeness (QED) is 0.810. The highest BCUT2D eigenvalue weighted by atomic mass is 16.5. The summed E-state index contributed by atoms with van der Waals surface area (Å²) in [7, 11) is 0. The average Bonchev–Trinajstić information content (AvgIpc) is 2.53. The maximum absolute atomic E-state index is 12.8. The van der Waals surface area contributed by atoms with Gasteiger partial charge < -0.3 is 9.84 Å². The van der Waals surface area contributed by atoms with Crippen LogP contribution in [-0.4, -0.2) is 29.2 Å². The third-order valence-electron chi connectivity index (χ3n) is 4.13. The molecule has 0 aliphatic heterocycles. The van der Waals surface area contributed by atoms with Gasteiger partial charge in [0.15, 0.2) is 5.78 Å². The number of hydrogen-bond acceptors (Lipinski definition) is 3. The van der Waals surface area contributed by atoms with Crippen LogP contribution in [0.25, 0.3) is 0 Å². The second-order valence-corrected chi connectivity index (χ2v) is 5.62. The fraction of sp³-hybridized carbons (Fsp3) is 0.588. The molecule has 110 valence electrons. The van der Waals surface area contributed by atoms with Crippen molar-refractivity contribution >= 4 is 5.78 Å². The van der Waals surface area contributed by atoms with Gasteiger partial charge in [-0.3, -0.25) is 4.79 Å². The SMILES string of the molecule is CCC(O)COC1(C(=O)c2ccccc2)CCCCC1. The molecule has 0 radical (unpaired) electrons. The third-order valence-corrected chi connectivity index (χ3v) is 4.13. The first-order valence-corrected chi connectivity index (χ1v) is 7.60. The Hall–Kier alpha value is -1.19. The van der Waals surface area contributed by atoms with Crippen molar-refractivity contribution in [1.29, 1.82) is 0 Å². The van der Waals surface area contributed by atoms with E-state index in [2.05, 4.69) is 0 Å². The van der Waals surface area contributed by atoms with Gasteiger partial charge in [-0.25, -0.2) is 0 Å². The number of carbonyl (C=O) groups excluding carboxylic acids is 1. The highest BCUT2D eigenvalue weighted by Crippen LogP contribution is 2.35. The van der Waals surface area contributed by atoms with Gasteiger partial charge in [0.25, 0.3) is 0 Å². The normalized spacial score (nSPS) is 19.5. The third kappa shape index (κ3) is 3.47. The molecule has 1 N–H and O–H groups in total. The largest absolute Gasteiger partial charge is 0.391 e. The fourth-order valence-electron chi connectivity index (χ4n) is 2.79. The Bertz CT molecular complexity index is 421. The predicted molar refractivity (Wildman–Crippen MR) is 78.8 cm³/mol. The zero-order chi connectivity index (χ0) is 14.4. The fourth-order valence-corrected chi connectivity index (χ4v) is 2.79. The van der Waals surface area contributed by atoms with Crippen LogP contribution in [0.15, 0.2) is 30.3 Å². The summed E-state index contributed by atoms with van der Waals surface area (Å²) in [4.78, 5) is 12.8. The number of hydrogen-bond donors (Lipinski definition) is 1. The molecule has 0 heterocycles. The van der Waals surface area contributed by atoms with E-state index >= 15 is 0 Å². The van der Waals surface area contributed by atoms with Gasteiger partial charge in [-0.2, -0.15) is 0 Å². The average molecular weight is 276 g/mol. The van der Waals surface area contributed by atoms with Gasteiger partial charge in [-0.05, 0) is 19.3 Å². The highest BCUT2D eigenvalue weighted by Gasteiger charge is 2.41. The molecule has 0 bridgehead atoms. The van der Waals surface area contributed by atoms with Gasteiger partial charge in [0, 0.05) is 5.56 Å². The van der Waals surface area contributed by atoms with Crippen LogP contribution in [0, 0.1) is 0 Å². The summed E-state index contributed by atoms with van der Waals surface area (Å²) in [6.07, 6.45) is 4.87. The monoisotopic (exact) mass is 276 g/mol. The Kier molecular flexibility index (Phi) is 5.32. The van der Waals surface area contributed by atoms with Gasteiger partial charge in [0.05, 0.1) is 12.7 Å². The van der Waals surface area contributed by atoms with E-state index in [1.54, 1.807) is 0 Å². The molecule has 0 spiro atoms. The standard InChI is InChI=1S/C17H24O3/c1-2-15(18)13-20-17(11-7-4-8-12-17)16(19)14-9-5-3-6-10-14/h3,5-6,9-10,15,18H,2,4,7-8,11-13H2,1H3. The van der Waals surface area contributed by atoms with Crippen molar-refractivity contribution in [3.05, 3.63) is 35.9 Å². The van der Waals surface area contributed by atoms with E-state index in [0.717, 1.165) is 32.1 Å². The van der Waals surface area contributed by atoms with Crippen LogP contribution in [-0.2, 0) is 4.74 Å². The van der Waals surface area contributed by atoms with Crippen LogP contribution < -0.4 is 0 Å². The van der Waals surface area contributed by atoms with E-state index in [1.165, 1.54) is 0 Å². The number of aliphatic hydroxyl groups is 1. The summed E-state index contributed by atoms with van der Waals surface area (Å²) in [6.45, 7) is 2.16. The number of ether oxygens (including phenoxy) is 1. The molecule has 3 nitrogen and oxygen atoms in total. The lowest BCUT2D eigenvalue weighted by Gasteiger charge is -2.36. The molecule has 20 heavy (non-hydrogen) atoms. The Labute approximate surface area is 121 Å². The van der Waals surface area contributed by atoms with Crippen LogP contribution in [0.4, 0.5) is 0 Å². The summed E-state index contributed by atoms with van der Waals surface area (Å²) in [5.74, 6) is 0.0705. The van der Waals surface area contributed by atoms with Gasteiger partial charge in [-0.1, -0.05) is 56.5 Å². The first kappa shape index (κ1) is 15.2. The number of carbonyl (C=O) groups is 1. The van der Waals surface area contributed by atoms with E-state index in [4.69, 9.17) is 4.74 Å². The number of benzene rings is 1. The lowest BCUT2D eigenvalue weighted by molar-refractivity contribution is -0.0760. The molecule has 1 fully saturated rings. The van der Waals surface area contributed by atoms with E-state index < -0.39 is 11.7 Å². The number of ketones is 1. The minimum atomic E-state index is -0.726. The van der Waals surface area contributed by atoms with Crippen molar-refractivity contribution in [3.8, 4) is 0 Å². The lowest BCUT2D eigenvalue weighted by atomic mass is 9.79. The van der Waals surface area contributed by atoms with Crippen molar-refractivity contribution in [3.63, 3.8) is 0 Å². The maximum Gasteiger partial charge on any atom is 0.194 e. The zero-order valence-corrected chi connectivity index (χ0v) is 12.2. The number of aliphatic hydroxyl groups excluding tert-OH is 1. The summed E-state index contributed by atoms with van der Waals surface area (Å²) in [5, 5.41) is 9.72. The molecule has 0 saturated heterocycles.